The number of hydrogen-bond donors (Lipinski definition) is 2. The number of aliphatic hydroxyl groups is 1. The molecule has 2 heterocycles. The summed E-state index contributed by atoms with van der Waals surface area (Å²) in [5, 5.41) is 23.2. The minimum absolute atomic E-state index is 0.0314. The Balaban J connectivity index is 1.38. The summed E-state index contributed by atoms with van der Waals surface area (Å²) in [6, 6.07) is 11.8. The molecule has 0 bridgehead atoms. The molecule has 1 unspecified atom stereocenters. The maximum Gasteiger partial charge on any atom is 0.260 e. The highest BCUT2D eigenvalue weighted by Gasteiger charge is 2.50. The minimum atomic E-state index is -1.36. The third-order valence-electron chi connectivity index (χ3n) is 7.82. The van der Waals surface area contributed by atoms with E-state index in [4.69, 9.17) is 0 Å². The van der Waals surface area contributed by atoms with Crippen LogP contribution in [0.15, 0.2) is 41.8 Å². The molecule has 5 nitrogen and oxygen atoms in total. The van der Waals surface area contributed by atoms with E-state index in [0.29, 0.717) is 24.9 Å². The van der Waals surface area contributed by atoms with Crippen LogP contribution in [0.3, 0.4) is 0 Å². The lowest BCUT2D eigenvalue weighted by Crippen LogP contribution is -2.58. The van der Waals surface area contributed by atoms with Gasteiger partial charge in [-0.05, 0) is 42.0 Å². The third-order valence-corrected chi connectivity index (χ3v) is 8.82. The number of likely N-dealkylation sites (tertiary alicyclic amines) is 1. The van der Waals surface area contributed by atoms with Crippen molar-refractivity contribution in [3.05, 3.63) is 52.2 Å². The average Bonchev–Trinajstić information content (AvgIpc) is 3.53. The van der Waals surface area contributed by atoms with Crippen LogP contribution < -0.4 is 0 Å². The maximum atomic E-state index is 13.7. The van der Waals surface area contributed by atoms with Crippen molar-refractivity contribution in [1.82, 2.24) is 4.90 Å². The van der Waals surface area contributed by atoms with Crippen LogP contribution in [0.25, 0.3) is 0 Å². The first-order valence-electron chi connectivity index (χ1n) is 12.0. The van der Waals surface area contributed by atoms with E-state index in [2.05, 4.69) is 14.1 Å². The summed E-state index contributed by atoms with van der Waals surface area (Å²) >= 11 is 1.50. The Morgan fingerprint density at radius 1 is 1.09 bits per heavy atom. The number of carbonyl (C=O) groups excluding carboxylic acids is 1. The second-order valence-electron chi connectivity index (χ2n) is 10.2. The standard InChI is InChI=1S/C26H36N2O3S/c1-28(2,18-15-20-9-11-23(29)12-10-20)22-13-16-27(17-14-22)25(30)26(31,21-6-3-4-7-21)24-8-5-19-32-24/h5,8-12,19,21-22,31H,3-4,6-7,13-18H2,1-2H3/p+1. The van der Waals surface area contributed by atoms with Gasteiger partial charge in [0, 0.05) is 43.1 Å². The average molecular weight is 458 g/mol. The Labute approximate surface area is 195 Å². The summed E-state index contributed by atoms with van der Waals surface area (Å²) in [6.45, 7) is 2.44. The lowest BCUT2D eigenvalue weighted by atomic mass is 9.82. The second kappa shape index (κ2) is 9.54. The van der Waals surface area contributed by atoms with Gasteiger partial charge in [0.25, 0.3) is 5.91 Å². The van der Waals surface area contributed by atoms with Crippen LogP contribution in [0.4, 0.5) is 0 Å². The number of likely N-dealkylation sites (N-methyl/N-ethyl adjacent to an activating group) is 1. The van der Waals surface area contributed by atoms with Crippen molar-refractivity contribution in [3.63, 3.8) is 0 Å². The highest BCUT2D eigenvalue weighted by atomic mass is 32.1. The molecule has 1 atom stereocenters. The number of phenolic OH excluding ortho intramolecular Hbond substituents is 1. The van der Waals surface area contributed by atoms with E-state index in [1.807, 2.05) is 34.5 Å². The van der Waals surface area contributed by atoms with Gasteiger partial charge in [-0.15, -0.1) is 11.3 Å². The molecule has 174 valence electrons. The van der Waals surface area contributed by atoms with Gasteiger partial charge in [-0.25, -0.2) is 0 Å². The van der Waals surface area contributed by atoms with Gasteiger partial charge in [0.1, 0.15) is 5.75 Å². The summed E-state index contributed by atoms with van der Waals surface area (Å²) < 4.78 is 0.917. The van der Waals surface area contributed by atoms with Crippen LogP contribution in [0, 0.1) is 5.92 Å². The molecule has 1 aliphatic carbocycles. The molecule has 1 aromatic carbocycles. The molecular weight excluding hydrogens is 420 g/mol. The molecule has 6 heteroatoms. The van der Waals surface area contributed by atoms with Gasteiger partial charge in [0.15, 0.2) is 5.60 Å². The summed E-state index contributed by atoms with van der Waals surface area (Å²) in [5.74, 6) is 0.253. The number of phenols is 1. The first-order chi connectivity index (χ1) is 15.3. The van der Waals surface area contributed by atoms with Crippen LogP contribution in [-0.2, 0) is 16.8 Å². The van der Waals surface area contributed by atoms with E-state index in [1.165, 1.54) is 16.9 Å². The van der Waals surface area contributed by atoms with Gasteiger partial charge >= 0.3 is 0 Å². The number of nitrogens with zero attached hydrogens (tertiary/aromatic N) is 2. The van der Waals surface area contributed by atoms with Crippen molar-refractivity contribution in [3.8, 4) is 5.75 Å². The molecule has 0 radical (unpaired) electrons. The van der Waals surface area contributed by atoms with Crippen molar-refractivity contribution in [2.24, 2.45) is 5.92 Å². The second-order valence-corrected chi connectivity index (χ2v) is 11.1. The predicted molar refractivity (Wildman–Crippen MR) is 129 cm³/mol. The first-order valence-corrected chi connectivity index (χ1v) is 12.8. The van der Waals surface area contributed by atoms with E-state index < -0.39 is 5.60 Å². The van der Waals surface area contributed by atoms with E-state index in [0.717, 1.165) is 60.9 Å². The molecule has 1 aromatic heterocycles. The van der Waals surface area contributed by atoms with Crippen molar-refractivity contribution in [1.29, 1.82) is 0 Å². The van der Waals surface area contributed by atoms with Crippen LogP contribution in [0.5, 0.6) is 5.75 Å². The van der Waals surface area contributed by atoms with Crippen molar-refractivity contribution in [2.45, 2.75) is 56.6 Å². The van der Waals surface area contributed by atoms with Crippen LogP contribution in [0.2, 0.25) is 0 Å². The number of thiophene rings is 1. The smallest absolute Gasteiger partial charge is 0.260 e. The summed E-state index contributed by atoms with van der Waals surface area (Å²) in [7, 11) is 4.56. The molecule has 2 fully saturated rings. The Morgan fingerprint density at radius 3 is 2.34 bits per heavy atom. The monoisotopic (exact) mass is 457 g/mol. The molecular formula is C26H37N2O3S+. The summed E-state index contributed by atoms with van der Waals surface area (Å²) in [4.78, 5) is 16.4. The number of quaternary nitrogens is 1. The lowest BCUT2D eigenvalue weighted by Gasteiger charge is -2.45. The van der Waals surface area contributed by atoms with E-state index >= 15 is 0 Å². The van der Waals surface area contributed by atoms with Crippen LogP contribution >= 0.6 is 11.3 Å². The van der Waals surface area contributed by atoms with Crippen molar-refractivity contribution < 1.29 is 19.5 Å². The number of rotatable bonds is 7. The van der Waals surface area contributed by atoms with Gasteiger partial charge in [-0.3, -0.25) is 4.79 Å². The van der Waals surface area contributed by atoms with Gasteiger partial charge in [0.2, 0.25) is 0 Å². The number of aromatic hydroxyl groups is 1. The number of amides is 1. The van der Waals surface area contributed by atoms with E-state index in [9.17, 15) is 15.0 Å². The number of piperidine rings is 1. The van der Waals surface area contributed by atoms with Gasteiger partial charge in [-0.1, -0.05) is 31.0 Å². The van der Waals surface area contributed by atoms with Gasteiger partial charge in [0.05, 0.1) is 26.7 Å². The Morgan fingerprint density at radius 2 is 1.75 bits per heavy atom. The Kier molecular flexibility index (Phi) is 6.94. The van der Waals surface area contributed by atoms with E-state index in [1.54, 1.807) is 12.1 Å². The zero-order valence-electron chi connectivity index (χ0n) is 19.4. The quantitative estimate of drug-likeness (QED) is 0.615. The Hall–Kier alpha value is -1.89. The molecule has 32 heavy (non-hydrogen) atoms. The van der Waals surface area contributed by atoms with Gasteiger partial charge < -0.3 is 19.6 Å². The summed E-state index contributed by atoms with van der Waals surface area (Å²) in [6.07, 6.45) is 6.93. The van der Waals surface area contributed by atoms with Crippen LogP contribution in [0.1, 0.15) is 49.0 Å². The Bertz CT molecular complexity index is 882. The molecule has 2 aliphatic rings. The molecule has 2 aromatic rings. The zero-order valence-corrected chi connectivity index (χ0v) is 20.2. The highest BCUT2D eigenvalue weighted by Crippen LogP contribution is 2.44. The first kappa shape index (κ1) is 23.3. The fourth-order valence-corrected chi connectivity index (χ4v) is 6.49. The summed E-state index contributed by atoms with van der Waals surface area (Å²) in [5.41, 5.74) is -0.125. The lowest BCUT2D eigenvalue weighted by molar-refractivity contribution is -0.916. The number of hydrogen-bond acceptors (Lipinski definition) is 4. The van der Waals surface area contributed by atoms with Crippen molar-refractivity contribution in [2.75, 3.05) is 33.7 Å². The normalized spacial score (nSPS) is 20.4. The zero-order chi connectivity index (χ0) is 22.8. The fourth-order valence-electron chi connectivity index (χ4n) is 5.59. The van der Waals surface area contributed by atoms with E-state index in [-0.39, 0.29) is 11.8 Å². The molecule has 1 saturated heterocycles. The van der Waals surface area contributed by atoms with Gasteiger partial charge in [-0.2, -0.15) is 0 Å². The SMILES string of the molecule is C[N+](C)(CCc1ccc(O)cc1)C1CCN(C(=O)C(O)(c2cccs2)C2CCCC2)CC1. The molecule has 0 spiro atoms. The molecule has 1 saturated carbocycles. The topological polar surface area (TPSA) is 60.8 Å². The fraction of sp³-hybridized carbons (Fsp3) is 0.577. The van der Waals surface area contributed by atoms with Crippen molar-refractivity contribution >= 4 is 17.2 Å². The molecule has 4 rings (SSSR count). The minimum Gasteiger partial charge on any atom is -0.508 e. The predicted octanol–water partition coefficient (Wildman–Crippen LogP) is 4.14. The number of carbonyl (C=O) groups is 1. The third kappa shape index (κ3) is 4.73. The molecule has 2 N–H and O–H groups in total. The maximum absolute atomic E-state index is 13.7. The van der Waals surface area contributed by atoms with Crippen LogP contribution in [-0.4, -0.2) is 65.3 Å². The largest absolute Gasteiger partial charge is 0.508 e. The number of benzene rings is 1. The molecule has 1 amide bonds. The molecule has 1 aliphatic heterocycles. The highest BCUT2D eigenvalue weighted by molar-refractivity contribution is 7.10.